The predicted octanol–water partition coefficient (Wildman–Crippen LogP) is 4.84. The molecule has 1 aliphatic heterocycles. The molecule has 1 fully saturated rings. The van der Waals surface area contributed by atoms with E-state index in [1.165, 1.54) is 4.68 Å². The van der Waals surface area contributed by atoms with Gasteiger partial charge in [0.05, 0.1) is 11.4 Å². The van der Waals surface area contributed by atoms with Crippen LogP contribution in [0.5, 0.6) is 11.5 Å². The number of hydrogen-bond donors (Lipinski definition) is 1. The van der Waals surface area contributed by atoms with Crippen LogP contribution in [0.3, 0.4) is 0 Å². The highest BCUT2D eigenvalue weighted by molar-refractivity contribution is 6.02. The van der Waals surface area contributed by atoms with E-state index >= 15 is 0 Å². The molecule has 0 aliphatic carbocycles. The number of para-hydroxylation sites is 1. The van der Waals surface area contributed by atoms with Crippen molar-refractivity contribution in [1.82, 2.24) is 24.1 Å². The maximum Gasteiger partial charge on any atom is 0.291 e. The number of nitrogens with zero attached hydrogens (tertiary/aromatic N) is 5. The molecule has 2 aromatic heterocycles. The lowest BCUT2D eigenvalue weighted by Gasteiger charge is -2.33. The largest absolute Gasteiger partial charge is 0.457 e. The van der Waals surface area contributed by atoms with E-state index in [0.29, 0.717) is 48.1 Å². The van der Waals surface area contributed by atoms with Gasteiger partial charge in [-0.3, -0.25) is 9.59 Å². The van der Waals surface area contributed by atoms with Gasteiger partial charge in [-0.1, -0.05) is 36.4 Å². The third-order valence-corrected chi connectivity index (χ3v) is 7.82. The fourth-order valence-corrected chi connectivity index (χ4v) is 5.26. The number of aryl methyl sites for hydroxylation is 1. The Morgan fingerprint density at radius 2 is 1.85 bits per heavy atom. The molecule has 0 unspecified atom stereocenters. The van der Waals surface area contributed by atoms with Gasteiger partial charge in [-0.25, -0.2) is 4.68 Å². The van der Waals surface area contributed by atoms with Crippen LogP contribution in [0, 0.1) is 0 Å². The molecule has 9 nitrogen and oxygen atoms in total. The molecule has 0 bridgehead atoms. The minimum absolute atomic E-state index is 0.00775. The molecule has 41 heavy (non-hydrogen) atoms. The average Bonchev–Trinajstić information content (AvgIpc) is 3.38. The summed E-state index contributed by atoms with van der Waals surface area (Å²) in [6, 6.07) is 17.7. The van der Waals surface area contributed by atoms with Crippen molar-refractivity contribution in [1.29, 1.82) is 0 Å². The molecular weight excluding hydrogens is 516 g/mol. The molecule has 3 heterocycles. The Kier molecular flexibility index (Phi) is 8.26. The summed E-state index contributed by atoms with van der Waals surface area (Å²) in [5, 5.41) is 4.92. The molecular formula is C32H38N6O3. The first-order valence-corrected chi connectivity index (χ1v) is 14.1. The molecule has 1 amide bonds. The Hall–Kier alpha value is -4.37. The van der Waals surface area contributed by atoms with Crippen molar-refractivity contribution < 1.29 is 9.53 Å². The number of carbonyl (C=O) groups excluding carboxylic acids is 1. The van der Waals surface area contributed by atoms with Gasteiger partial charge in [0.1, 0.15) is 17.0 Å². The lowest BCUT2D eigenvalue weighted by molar-refractivity contribution is -0.127. The summed E-state index contributed by atoms with van der Waals surface area (Å²) in [4.78, 5) is 30.5. The van der Waals surface area contributed by atoms with Crippen LogP contribution in [0.2, 0.25) is 0 Å². The van der Waals surface area contributed by atoms with Crippen molar-refractivity contribution in [3.63, 3.8) is 0 Å². The smallest absolute Gasteiger partial charge is 0.291 e. The minimum atomic E-state index is -0.218. The van der Waals surface area contributed by atoms with E-state index in [2.05, 4.69) is 23.8 Å². The van der Waals surface area contributed by atoms with E-state index < -0.39 is 0 Å². The molecule has 4 aromatic rings. The van der Waals surface area contributed by atoms with Crippen LogP contribution in [0.4, 0.5) is 5.82 Å². The van der Waals surface area contributed by atoms with Crippen molar-refractivity contribution >= 4 is 22.6 Å². The topological polar surface area (TPSA) is 98.6 Å². The second-order valence-electron chi connectivity index (χ2n) is 10.9. The molecule has 0 spiro atoms. The maximum absolute atomic E-state index is 13.4. The fourth-order valence-electron chi connectivity index (χ4n) is 5.26. The summed E-state index contributed by atoms with van der Waals surface area (Å²) in [6.45, 7) is 6.17. The number of likely N-dealkylation sites (tertiary alicyclic amines) is 1. The van der Waals surface area contributed by atoms with Gasteiger partial charge < -0.3 is 24.8 Å². The number of aromatic nitrogens is 3. The van der Waals surface area contributed by atoms with Gasteiger partial charge >= 0.3 is 0 Å². The van der Waals surface area contributed by atoms with Crippen LogP contribution < -0.4 is 16.0 Å². The van der Waals surface area contributed by atoms with Crippen molar-refractivity contribution in [2.45, 2.75) is 38.8 Å². The highest BCUT2D eigenvalue weighted by Crippen LogP contribution is 2.36. The number of ether oxygens (including phenoxy) is 1. The Labute approximate surface area is 240 Å². The van der Waals surface area contributed by atoms with Gasteiger partial charge in [-0.2, -0.15) is 5.10 Å². The summed E-state index contributed by atoms with van der Waals surface area (Å²) in [5.74, 6) is 1.75. The van der Waals surface area contributed by atoms with E-state index in [-0.39, 0.29) is 17.5 Å². The van der Waals surface area contributed by atoms with Gasteiger partial charge in [0, 0.05) is 50.6 Å². The first-order chi connectivity index (χ1) is 19.7. The third kappa shape index (κ3) is 6.05. The van der Waals surface area contributed by atoms with Crippen LogP contribution in [0.25, 0.3) is 22.0 Å². The number of anilines is 1. The molecule has 1 saturated heterocycles. The Bertz CT molecular complexity index is 1600. The van der Waals surface area contributed by atoms with E-state index in [1.54, 1.807) is 13.1 Å². The molecule has 5 rings (SSSR count). The lowest BCUT2D eigenvalue weighted by atomic mass is 10.1. The van der Waals surface area contributed by atoms with Gasteiger partial charge in [0.15, 0.2) is 5.82 Å². The molecule has 214 valence electrons. The van der Waals surface area contributed by atoms with E-state index in [1.807, 2.05) is 83.4 Å². The van der Waals surface area contributed by atoms with Crippen molar-refractivity contribution in [3.05, 3.63) is 83.3 Å². The molecule has 1 aliphatic rings. The van der Waals surface area contributed by atoms with Crippen LogP contribution >= 0.6 is 0 Å². The first-order valence-electron chi connectivity index (χ1n) is 14.1. The van der Waals surface area contributed by atoms with Crippen LogP contribution in [-0.2, 0) is 11.8 Å². The normalized spacial score (nSPS) is 15.9. The van der Waals surface area contributed by atoms with Crippen LogP contribution in [0.15, 0.2) is 77.7 Å². The molecule has 2 N–H and O–H groups in total. The summed E-state index contributed by atoms with van der Waals surface area (Å²) < 4.78 is 9.26. The van der Waals surface area contributed by atoms with Crippen molar-refractivity contribution in [3.8, 4) is 22.6 Å². The number of amides is 1. The number of nitrogens with two attached hydrogens (primary N) is 1. The number of carbonyl (C=O) groups is 1. The maximum atomic E-state index is 13.4. The standard InChI is InChI=1S/C32H38N6O3/c1-22(2)35(3)18-9-13-28(39)37-19-8-10-24(20-37)38-21-27(29-30(38)32(40)36(4)34-31(29)33)23-14-16-26(17-15-23)41-25-11-6-5-7-12-25/h5-7,9,11-17,21-22,24H,8,10,18-20H2,1-4H3,(H2,33,34)/b13-9+/t24-/m1/s1. The molecule has 2 aromatic carbocycles. The number of piperidine rings is 1. The van der Waals surface area contributed by atoms with Crippen LogP contribution in [-0.4, -0.2) is 62.8 Å². The number of hydrogen-bond acceptors (Lipinski definition) is 6. The Balaban J connectivity index is 1.45. The second kappa shape index (κ2) is 12.0. The summed E-state index contributed by atoms with van der Waals surface area (Å²) in [5.41, 5.74) is 8.45. The zero-order valence-corrected chi connectivity index (χ0v) is 24.2. The predicted molar refractivity (Wildman–Crippen MR) is 163 cm³/mol. The van der Waals surface area contributed by atoms with E-state index in [9.17, 15) is 9.59 Å². The number of fused-ring (bicyclic) bond motifs is 1. The molecule has 0 radical (unpaired) electrons. The quantitative estimate of drug-likeness (QED) is 0.313. The first kappa shape index (κ1) is 28.2. The number of rotatable bonds is 8. The highest BCUT2D eigenvalue weighted by Gasteiger charge is 2.28. The fraction of sp³-hybridized carbons (Fsp3) is 0.344. The van der Waals surface area contributed by atoms with Gasteiger partial charge in [0.25, 0.3) is 5.56 Å². The molecule has 0 saturated carbocycles. The summed E-state index contributed by atoms with van der Waals surface area (Å²) in [6.07, 6.45) is 7.27. The van der Waals surface area contributed by atoms with Crippen molar-refractivity contribution in [2.75, 3.05) is 32.4 Å². The number of nitrogen functional groups attached to an aromatic ring is 1. The summed E-state index contributed by atoms with van der Waals surface area (Å²) >= 11 is 0. The lowest BCUT2D eigenvalue weighted by Crippen LogP contribution is -2.40. The van der Waals surface area contributed by atoms with Gasteiger partial charge in [-0.15, -0.1) is 0 Å². The molecule has 1 atom stereocenters. The number of benzene rings is 2. The zero-order chi connectivity index (χ0) is 29.1. The number of likely N-dealkylation sites (N-methyl/N-ethyl adjacent to an activating group) is 1. The third-order valence-electron chi connectivity index (χ3n) is 7.82. The van der Waals surface area contributed by atoms with Crippen molar-refractivity contribution in [2.24, 2.45) is 7.05 Å². The van der Waals surface area contributed by atoms with Gasteiger partial charge in [0.2, 0.25) is 5.91 Å². The van der Waals surface area contributed by atoms with Crippen LogP contribution in [0.1, 0.15) is 32.7 Å². The Morgan fingerprint density at radius 3 is 2.56 bits per heavy atom. The monoisotopic (exact) mass is 554 g/mol. The van der Waals surface area contributed by atoms with E-state index in [4.69, 9.17) is 10.5 Å². The average molecular weight is 555 g/mol. The zero-order valence-electron chi connectivity index (χ0n) is 24.2. The highest BCUT2D eigenvalue weighted by atomic mass is 16.5. The minimum Gasteiger partial charge on any atom is -0.457 e. The SMILES string of the molecule is CC(C)N(C)C/C=C/C(=O)N1CCC[C@@H](n2cc(-c3ccc(Oc4ccccc4)cc3)c3c(N)nn(C)c(=O)c32)C1. The van der Waals surface area contributed by atoms with Gasteiger partial charge in [-0.05, 0) is 63.6 Å². The summed E-state index contributed by atoms with van der Waals surface area (Å²) in [7, 11) is 3.65. The second-order valence-corrected chi connectivity index (χ2v) is 10.9. The Morgan fingerprint density at radius 1 is 1.15 bits per heavy atom. The molecule has 9 heteroatoms. The van der Waals surface area contributed by atoms with E-state index in [0.717, 1.165) is 29.7 Å².